The van der Waals surface area contributed by atoms with Crippen LogP contribution in [0.4, 0.5) is 4.39 Å². The molecule has 2 N–H and O–H groups in total. The van der Waals surface area contributed by atoms with Crippen LogP contribution in [-0.2, 0) is 4.79 Å². The molecule has 0 radical (unpaired) electrons. The van der Waals surface area contributed by atoms with Crippen LogP contribution in [0.5, 0.6) is 0 Å². The first kappa shape index (κ1) is 13.7. The second-order valence-electron chi connectivity index (χ2n) is 3.73. The lowest BCUT2D eigenvalue weighted by atomic mass is 10.1. The zero-order valence-corrected chi connectivity index (χ0v) is 9.74. The standard InChI is InChI=1S/C13H12FNO3/c1-3-4-11(13(17)18)15-12(16)10-7-9(14)6-5-8(10)2/h1,5-7,11H,4H2,2H3,(H,15,16)(H,17,18). The summed E-state index contributed by atoms with van der Waals surface area (Å²) in [6.45, 7) is 1.63. The van der Waals surface area contributed by atoms with Crippen molar-refractivity contribution in [3.8, 4) is 12.3 Å². The highest BCUT2D eigenvalue weighted by atomic mass is 19.1. The molecule has 1 aromatic rings. The maximum atomic E-state index is 13.0. The summed E-state index contributed by atoms with van der Waals surface area (Å²) in [5, 5.41) is 11.1. The van der Waals surface area contributed by atoms with E-state index in [1.807, 2.05) is 0 Å². The smallest absolute Gasteiger partial charge is 0.327 e. The van der Waals surface area contributed by atoms with Crippen molar-refractivity contribution in [2.45, 2.75) is 19.4 Å². The third-order valence-electron chi connectivity index (χ3n) is 2.37. The zero-order valence-electron chi connectivity index (χ0n) is 9.74. The van der Waals surface area contributed by atoms with E-state index in [1.54, 1.807) is 6.92 Å². The summed E-state index contributed by atoms with van der Waals surface area (Å²) in [6, 6.07) is 2.55. The van der Waals surface area contributed by atoms with Crippen LogP contribution in [0.2, 0.25) is 0 Å². The minimum Gasteiger partial charge on any atom is -0.480 e. The molecule has 0 spiro atoms. The van der Waals surface area contributed by atoms with Crippen LogP contribution in [0.3, 0.4) is 0 Å². The molecule has 0 aliphatic rings. The lowest BCUT2D eigenvalue weighted by Crippen LogP contribution is -2.40. The number of carboxylic acids is 1. The monoisotopic (exact) mass is 249 g/mol. The van der Waals surface area contributed by atoms with Crippen LogP contribution < -0.4 is 5.32 Å². The van der Waals surface area contributed by atoms with Gasteiger partial charge in [0.25, 0.3) is 5.91 Å². The van der Waals surface area contributed by atoms with Crippen LogP contribution in [-0.4, -0.2) is 23.0 Å². The molecule has 0 bridgehead atoms. The molecule has 0 fully saturated rings. The molecule has 1 aromatic carbocycles. The zero-order chi connectivity index (χ0) is 13.7. The van der Waals surface area contributed by atoms with E-state index >= 15 is 0 Å². The SMILES string of the molecule is C#CCC(NC(=O)c1cc(F)ccc1C)C(=O)O. The van der Waals surface area contributed by atoms with Crippen molar-refractivity contribution in [2.24, 2.45) is 0 Å². The Hall–Kier alpha value is -2.35. The fraction of sp³-hybridized carbons (Fsp3) is 0.231. The predicted octanol–water partition coefficient (Wildman–Crippen LogP) is 1.34. The quantitative estimate of drug-likeness (QED) is 0.791. The van der Waals surface area contributed by atoms with E-state index in [1.165, 1.54) is 12.1 Å². The van der Waals surface area contributed by atoms with Crippen LogP contribution in [0.25, 0.3) is 0 Å². The minimum absolute atomic E-state index is 0.0956. The largest absolute Gasteiger partial charge is 0.480 e. The molecule has 18 heavy (non-hydrogen) atoms. The molecule has 4 nitrogen and oxygen atoms in total. The molecule has 5 heteroatoms. The molecular weight excluding hydrogens is 237 g/mol. The van der Waals surface area contributed by atoms with Gasteiger partial charge >= 0.3 is 5.97 Å². The fourth-order valence-corrected chi connectivity index (χ4v) is 1.39. The maximum absolute atomic E-state index is 13.0. The van der Waals surface area contributed by atoms with Crippen molar-refractivity contribution in [3.05, 3.63) is 35.1 Å². The maximum Gasteiger partial charge on any atom is 0.327 e. The van der Waals surface area contributed by atoms with Gasteiger partial charge in [0.05, 0.1) is 0 Å². The first-order chi connectivity index (χ1) is 8.45. The van der Waals surface area contributed by atoms with E-state index in [-0.39, 0.29) is 12.0 Å². The first-order valence-corrected chi connectivity index (χ1v) is 5.19. The molecule has 1 rings (SSSR count). The molecular formula is C13H12FNO3. The Kier molecular flexibility index (Phi) is 4.44. The molecule has 0 aromatic heterocycles. The molecule has 0 saturated carbocycles. The van der Waals surface area contributed by atoms with Gasteiger partial charge in [-0.05, 0) is 24.6 Å². The van der Waals surface area contributed by atoms with E-state index in [0.717, 1.165) is 6.07 Å². The number of aliphatic carboxylic acids is 1. The van der Waals surface area contributed by atoms with E-state index in [2.05, 4.69) is 11.2 Å². The summed E-state index contributed by atoms with van der Waals surface area (Å²) in [6.07, 6.45) is 4.88. The Balaban J connectivity index is 2.91. The third-order valence-corrected chi connectivity index (χ3v) is 2.37. The van der Waals surface area contributed by atoms with Crippen molar-refractivity contribution in [1.82, 2.24) is 5.32 Å². The molecule has 1 amide bonds. The number of benzene rings is 1. The summed E-state index contributed by atoms with van der Waals surface area (Å²) < 4.78 is 13.0. The number of carbonyl (C=O) groups is 2. The normalized spacial score (nSPS) is 11.4. The Bertz CT molecular complexity index is 519. The van der Waals surface area contributed by atoms with Gasteiger partial charge in [0.2, 0.25) is 0 Å². The van der Waals surface area contributed by atoms with Gasteiger partial charge in [0.15, 0.2) is 0 Å². The number of rotatable bonds is 4. The second-order valence-corrected chi connectivity index (χ2v) is 3.73. The molecule has 0 heterocycles. The molecule has 94 valence electrons. The van der Waals surface area contributed by atoms with Crippen LogP contribution in [0, 0.1) is 25.1 Å². The number of amides is 1. The van der Waals surface area contributed by atoms with Crippen LogP contribution in [0.15, 0.2) is 18.2 Å². The van der Waals surface area contributed by atoms with E-state index < -0.39 is 23.7 Å². The predicted molar refractivity (Wildman–Crippen MR) is 63.5 cm³/mol. The number of aryl methyl sites for hydroxylation is 1. The fourth-order valence-electron chi connectivity index (χ4n) is 1.39. The van der Waals surface area contributed by atoms with Crippen molar-refractivity contribution >= 4 is 11.9 Å². The van der Waals surface area contributed by atoms with Crippen molar-refractivity contribution < 1.29 is 19.1 Å². The van der Waals surface area contributed by atoms with Gasteiger partial charge in [-0.1, -0.05) is 6.07 Å². The second kappa shape index (κ2) is 5.82. The number of hydrogen-bond acceptors (Lipinski definition) is 2. The highest BCUT2D eigenvalue weighted by Gasteiger charge is 2.20. The van der Waals surface area contributed by atoms with E-state index in [0.29, 0.717) is 5.56 Å². The van der Waals surface area contributed by atoms with E-state index in [4.69, 9.17) is 11.5 Å². The van der Waals surface area contributed by atoms with Crippen molar-refractivity contribution in [3.63, 3.8) is 0 Å². The van der Waals surface area contributed by atoms with Gasteiger partial charge in [-0.25, -0.2) is 9.18 Å². The van der Waals surface area contributed by atoms with Crippen LogP contribution in [0.1, 0.15) is 22.3 Å². The molecule has 1 atom stereocenters. The van der Waals surface area contributed by atoms with Crippen LogP contribution >= 0.6 is 0 Å². The third kappa shape index (κ3) is 3.32. The number of hydrogen-bond donors (Lipinski definition) is 2. The Labute approximate surface area is 104 Å². The average Bonchev–Trinajstić information content (AvgIpc) is 2.31. The van der Waals surface area contributed by atoms with Gasteiger partial charge in [-0.3, -0.25) is 4.79 Å². The average molecular weight is 249 g/mol. The summed E-state index contributed by atoms with van der Waals surface area (Å²) in [5.74, 6) is -0.283. The highest BCUT2D eigenvalue weighted by molar-refractivity contribution is 5.97. The molecule has 0 saturated heterocycles. The highest BCUT2D eigenvalue weighted by Crippen LogP contribution is 2.10. The van der Waals surface area contributed by atoms with Gasteiger partial charge < -0.3 is 10.4 Å². The lowest BCUT2D eigenvalue weighted by Gasteiger charge is -2.13. The summed E-state index contributed by atoms with van der Waals surface area (Å²) in [4.78, 5) is 22.6. The van der Waals surface area contributed by atoms with Gasteiger partial charge in [-0.2, -0.15) is 0 Å². The van der Waals surface area contributed by atoms with Gasteiger partial charge in [-0.15, -0.1) is 12.3 Å². The molecule has 0 aliphatic carbocycles. The summed E-state index contributed by atoms with van der Waals surface area (Å²) >= 11 is 0. The van der Waals surface area contributed by atoms with Crippen molar-refractivity contribution in [2.75, 3.05) is 0 Å². The minimum atomic E-state index is -1.23. The Morgan fingerprint density at radius 2 is 2.22 bits per heavy atom. The van der Waals surface area contributed by atoms with Gasteiger partial charge in [0.1, 0.15) is 11.9 Å². The van der Waals surface area contributed by atoms with Crippen molar-refractivity contribution in [1.29, 1.82) is 0 Å². The van der Waals surface area contributed by atoms with E-state index in [9.17, 15) is 14.0 Å². The number of terminal acetylenes is 1. The van der Waals surface area contributed by atoms with Gasteiger partial charge in [0, 0.05) is 12.0 Å². The summed E-state index contributed by atoms with van der Waals surface area (Å²) in [7, 11) is 0. The Morgan fingerprint density at radius 1 is 1.56 bits per heavy atom. The number of carbonyl (C=O) groups excluding carboxylic acids is 1. The number of carboxylic acid groups (broad SMARTS) is 1. The first-order valence-electron chi connectivity index (χ1n) is 5.19. The molecule has 0 aliphatic heterocycles. The number of halogens is 1. The molecule has 1 unspecified atom stereocenters. The number of nitrogens with one attached hydrogen (secondary N) is 1. The lowest BCUT2D eigenvalue weighted by molar-refractivity contribution is -0.139. The summed E-state index contributed by atoms with van der Waals surface area (Å²) in [5.41, 5.74) is 0.650. The topological polar surface area (TPSA) is 66.4 Å². The Morgan fingerprint density at radius 3 is 2.78 bits per heavy atom.